The summed E-state index contributed by atoms with van der Waals surface area (Å²) in [5.74, 6) is -0.352. The molecule has 166 valence electrons. The number of hydrogen-bond donors (Lipinski definition) is 1. The Morgan fingerprint density at radius 1 is 1.27 bits per heavy atom. The summed E-state index contributed by atoms with van der Waals surface area (Å²) in [7, 11) is -4.23. The number of nitrogens with zero attached hydrogens (tertiary/aromatic N) is 2. The van der Waals surface area contributed by atoms with Crippen molar-refractivity contribution in [1.29, 1.82) is 0 Å². The first-order valence-corrected chi connectivity index (χ1v) is 11.6. The Bertz CT molecular complexity index is 960. The zero-order valence-corrected chi connectivity index (χ0v) is 18.5. The molecule has 1 heterocycles. The predicted molar refractivity (Wildman–Crippen MR) is 108 cm³/mol. The Kier molecular flexibility index (Phi) is 6.38. The highest BCUT2D eigenvalue weighted by Gasteiger charge is 2.48. The van der Waals surface area contributed by atoms with Crippen molar-refractivity contribution in [2.75, 3.05) is 18.4 Å². The molecule has 2 aliphatic rings. The van der Waals surface area contributed by atoms with Crippen molar-refractivity contribution in [3.63, 3.8) is 0 Å². The van der Waals surface area contributed by atoms with E-state index in [4.69, 9.17) is 4.84 Å². The molecule has 7 nitrogen and oxygen atoms in total. The molecule has 0 bridgehead atoms. The van der Waals surface area contributed by atoms with Gasteiger partial charge in [0.05, 0.1) is 5.69 Å². The predicted octanol–water partition coefficient (Wildman–Crippen LogP) is 4.01. The summed E-state index contributed by atoms with van der Waals surface area (Å²) in [5, 5.41) is 3.98. The highest BCUT2D eigenvalue weighted by Crippen LogP contribution is 2.45. The van der Waals surface area contributed by atoms with Crippen LogP contribution in [0.1, 0.15) is 37.7 Å². The third-order valence-corrected chi connectivity index (χ3v) is 7.16. The standard InChI is InChI=1S/C18H21BrF3N3O4S/c1-29-23-15-16(26)25(9-8-17(15)6-2-3-7-17)11-12-10-13(19)4-5-14(12)24-30(27,28)18(20,21)22/h4-5,10,24H,2-3,6-9,11H2,1H3/b23-15-. The number of hydrogen-bond acceptors (Lipinski definition) is 5. The van der Waals surface area contributed by atoms with E-state index in [-0.39, 0.29) is 29.1 Å². The number of carbonyl (C=O) groups is 1. The molecule has 1 spiro atoms. The van der Waals surface area contributed by atoms with Crippen LogP contribution in [0.15, 0.2) is 27.8 Å². The number of benzene rings is 1. The lowest BCUT2D eigenvalue weighted by atomic mass is 9.75. The van der Waals surface area contributed by atoms with Gasteiger partial charge in [-0.1, -0.05) is 33.9 Å². The summed E-state index contributed by atoms with van der Waals surface area (Å²) in [6.07, 6.45) is 4.32. The van der Waals surface area contributed by atoms with Crippen LogP contribution in [-0.4, -0.2) is 44.1 Å². The summed E-state index contributed by atoms with van der Waals surface area (Å²) >= 11 is 3.23. The lowest BCUT2D eigenvalue weighted by Gasteiger charge is -2.39. The monoisotopic (exact) mass is 511 g/mol. The van der Waals surface area contributed by atoms with Crippen molar-refractivity contribution in [2.24, 2.45) is 10.6 Å². The fourth-order valence-corrected chi connectivity index (χ4v) is 5.08. The average molecular weight is 512 g/mol. The Hall–Kier alpha value is -1.82. The molecule has 2 fully saturated rings. The molecule has 0 atom stereocenters. The van der Waals surface area contributed by atoms with Crippen LogP contribution in [-0.2, 0) is 26.2 Å². The largest absolute Gasteiger partial charge is 0.516 e. The van der Waals surface area contributed by atoms with Crippen LogP contribution < -0.4 is 4.72 Å². The average Bonchev–Trinajstić information content (AvgIpc) is 3.12. The van der Waals surface area contributed by atoms with Crippen LogP contribution in [0.2, 0.25) is 0 Å². The number of carbonyl (C=O) groups excluding carboxylic acids is 1. The number of anilines is 1. The lowest BCUT2D eigenvalue weighted by molar-refractivity contribution is -0.127. The Balaban J connectivity index is 1.89. The summed E-state index contributed by atoms with van der Waals surface area (Å²) in [5.41, 5.74) is -5.48. The molecule has 0 unspecified atom stereocenters. The first-order chi connectivity index (χ1) is 14.0. The first-order valence-electron chi connectivity index (χ1n) is 9.27. The molecule has 1 aromatic carbocycles. The molecule has 1 saturated carbocycles. The SMILES string of the molecule is CO/N=C1/C(=O)N(Cc2cc(Br)ccc2NS(=O)(=O)C(F)(F)F)CCC12CCCC2. The van der Waals surface area contributed by atoms with Crippen molar-refractivity contribution >= 4 is 43.3 Å². The fourth-order valence-electron chi connectivity index (χ4n) is 4.06. The van der Waals surface area contributed by atoms with E-state index in [0.29, 0.717) is 23.1 Å². The maximum absolute atomic E-state index is 13.1. The van der Waals surface area contributed by atoms with E-state index in [1.807, 2.05) is 0 Å². The summed E-state index contributed by atoms with van der Waals surface area (Å²) in [6, 6.07) is 4.12. The number of nitrogens with one attached hydrogen (secondary N) is 1. The van der Waals surface area contributed by atoms with Crippen LogP contribution >= 0.6 is 15.9 Å². The smallest absolute Gasteiger partial charge is 0.399 e. The number of likely N-dealkylation sites (tertiary alicyclic amines) is 1. The second kappa shape index (κ2) is 8.37. The molecular weight excluding hydrogens is 491 g/mol. The normalized spacial score (nSPS) is 20.8. The van der Waals surface area contributed by atoms with Gasteiger partial charge >= 0.3 is 15.5 Å². The van der Waals surface area contributed by atoms with Crippen LogP contribution in [0.25, 0.3) is 0 Å². The minimum atomic E-state index is -5.59. The van der Waals surface area contributed by atoms with Gasteiger partial charge < -0.3 is 9.74 Å². The molecule has 1 amide bonds. The number of piperidine rings is 1. The highest BCUT2D eigenvalue weighted by atomic mass is 79.9. The molecule has 1 aromatic rings. The molecular formula is C18H21BrF3N3O4S. The zero-order chi connectivity index (χ0) is 22.2. The van der Waals surface area contributed by atoms with Gasteiger partial charge in [0.2, 0.25) is 0 Å². The number of sulfonamides is 1. The number of halogens is 4. The van der Waals surface area contributed by atoms with Gasteiger partial charge in [-0.05, 0) is 43.0 Å². The van der Waals surface area contributed by atoms with Gasteiger partial charge in [-0.25, -0.2) is 0 Å². The van der Waals surface area contributed by atoms with Gasteiger partial charge in [-0.2, -0.15) is 21.6 Å². The van der Waals surface area contributed by atoms with E-state index in [1.54, 1.807) is 4.72 Å². The van der Waals surface area contributed by atoms with Crippen LogP contribution in [0.4, 0.5) is 18.9 Å². The first kappa shape index (κ1) is 22.9. The van der Waals surface area contributed by atoms with Crippen molar-refractivity contribution in [2.45, 2.75) is 44.2 Å². The van der Waals surface area contributed by atoms with E-state index in [9.17, 15) is 26.4 Å². The summed E-state index contributed by atoms with van der Waals surface area (Å²) in [6.45, 7) is 0.312. The Labute approximate surface area is 180 Å². The van der Waals surface area contributed by atoms with E-state index in [0.717, 1.165) is 25.7 Å². The fraction of sp³-hybridized carbons (Fsp3) is 0.556. The van der Waals surface area contributed by atoms with Gasteiger partial charge in [-0.3, -0.25) is 9.52 Å². The highest BCUT2D eigenvalue weighted by molar-refractivity contribution is 9.10. The molecule has 0 radical (unpaired) electrons. The maximum Gasteiger partial charge on any atom is 0.516 e. The van der Waals surface area contributed by atoms with Crippen LogP contribution in [0.5, 0.6) is 0 Å². The van der Waals surface area contributed by atoms with Gasteiger partial charge in [0.15, 0.2) is 5.71 Å². The number of amides is 1. The quantitative estimate of drug-likeness (QED) is 0.605. The van der Waals surface area contributed by atoms with Crippen molar-refractivity contribution in [3.8, 4) is 0 Å². The zero-order valence-electron chi connectivity index (χ0n) is 16.1. The third kappa shape index (κ3) is 4.43. The van der Waals surface area contributed by atoms with E-state index < -0.39 is 15.5 Å². The van der Waals surface area contributed by atoms with Gasteiger partial charge in [0, 0.05) is 23.0 Å². The second-order valence-corrected chi connectivity index (χ2v) is 10.0. The van der Waals surface area contributed by atoms with Crippen molar-refractivity contribution < 1.29 is 31.2 Å². The third-order valence-electron chi connectivity index (χ3n) is 5.57. The lowest BCUT2D eigenvalue weighted by Crippen LogP contribution is -2.51. The van der Waals surface area contributed by atoms with E-state index >= 15 is 0 Å². The van der Waals surface area contributed by atoms with Gasteiger partial charge in [-0.15, -0.1) is 0 Å². The molecule has 1 N–H and O–H groups in total. The number of alkyl halides is 3. The van der Waals surface area contributed by atoms with Gasteiger partial charge in [0.1, 0.15) is 7.11 Å². The summed E-state index contributed by atoms with van der Waals surface area (Å²) < 4.78 is 63.6. The van der Waals surface area contributed by atoms with Gasteiger partial charge in [0.25, 0.3) is 5.91 Å². The van der Waals surface area contributed by atoms with Crippen molar-refractivity contribution in [3.05, 3.63) is 28.2 Å². The molecule has 1 aliphatic heterocycles. The number of rotatable bonds is 5. The molecule has 30 heavy (non-hydrogen) atoms. The number of oxime groups is 1. The Morgan fingerprint density at radius 3 is 2.53 bits per heavy atom. The Morgan fingerprint density at radius 2 is 1.93 bits per heavy atom. The minimum absolute atomic E-state index is 0.0766. The second-order valence-electron chi connectivity index (χ2n) is 7.44. The molecule has 1 saturated heterocycles. The molecule has 12 heteroatoms. The summed E-state index contributed by atoms with van der Waals surface area (Å²) in [4.78, 5) is 19.5. The van der Waals surface area contributed by atoms with Crippen LogP contribution in [0.3, 0.4) is 0 Å². The topological polar surface area (TPSA) is 88.1 Å². The minimum Gasteiger partial charge on any atom is -0.399 e. The van der Waals surface area contributed by atoms with E-state index in [2.05, 4.69) is 21.1 Å². The van der Waals surface area contributed by atoms with Crippen LogP contribution in [0, 0.1) is 5.41 Å². The molecule has 3 rings (SSSR count). The van der Waals surface area contributed by atoms with E-state index in [1.165, 1.54) is 30.2 Å². The maximum atomic E-state index is 13.1. The molecule has 0 aromatic heterocycles. The van der Waals surface area contributed by atoms with Crippen molar-refractivity contribution in [1.82, 2.24) is 4.90 Å². The molecule has 1 aliphatic carbocycles.